The molecule has 1 N–H and O–H groups in total. The molecule has 0 saturated heterocycles. The number of ether oxygens (including phenoxy) is 1. The van der Waals surface area contributed by atoms with Gasteiger partial charge >= 0.3 is 0 Å². The molecule has 0 bridgehead atoms. The fourth-order valence-corrected chi connectivity index (χ4v) is 3.22. The van der Waals surface area contributed by atoms with Crippen LogP contribution >= 0.6 is 27.3 Å². The van der Waals surface area contributed by atoms with Crippen molar-refractivity contribution in [1.29, 1.82) is 0 Å². The molecule has 4 heteroatoms. The molecule has 0 spiro atoms. The number of aliphatic hydroxyl groups is 1. The molecular weight excluding hydrogens is 300 g/mol. The summed E-state index contributed by atoms with van der Waals surface area (Å²) < 4.78 is 6.01. The molecule has 1 aromatic heterocycles. The molecule has 17 heavy (non-hydrogen) atoms. The molecule has 0 aliphatic carbocycles. The monoisotopic (exact) mass is 312 g/mol. The van der Waals surface area contributed by atoms with Gasteiger partial charge in [-0.1, -0.05) is 24.3 Å². The lowest BCUT2D eigenvalue weighted by Crippen LogP contribution is -1.98. The molecule has 1 unspecified atom stereocenters. The first-order valence-corrected chi connectivity index (χ1v) is 6.88. The third kappa shape index (κ3) is 2.96. The van der Waals surface area contributed by atoms with Gasteiger partial charge in [-0.15, -0.1) is 11.3 Å². The van der Waals surface area contributed by atoms with E-state index in [0.29, 0.717) is 6.61 Å². The summed E-state index contributed by atoms with van der Waals surface area (Å²) in [6.45, 7) is 0.596. The predicted molar refractivity (Wildman–Crippen MR) is 73.2 cm³/mol. The van der Waals surface area contributed by atoms with E-state index in [1.165, 1.54) is 0 Å². The Bertz CT molecular complexity index is 478. The van der Waals surface area contributed by atoms with Crippen LogP contribution < -0.4 is 0 Å². The first kappa shape index (κ1) is 12.8. The SMILES string of the molecule is COCc1ccc(C(O)c2sccc2Br)cc1. The second-order valence-electron chi connectivity index (χ2n) is 3.71. The number of benzene rings is 1. The summed E-state index contributed by atoms with van der Waals surface area (Å²) >= 11 is 4.98. The zero-order valence-electron chi connectivity index (χ0n) is 9.39. The molecule has 0 amide bonds. The zero-order valence-corrected chi connectivity index (χ0v) is 11.8. The Labute approximate surface area is 113 Å². The highest BCUT2D eigenvalue weighted by atomic mass is 79.9. The molecule has 1 atom stereocenters. The molecule has 0 fully saturated rings. The number of aliphatic hydroxyl groups excluding tert-OH is 1. The Hall–Kier alpha value is -0.680. The second-order valence-corrected chi connectivity index (χ2v) is 5.51. The minimum Gasteiger partial charge on any atom is -0.383 e. The molecule has 2 rings (SSSR count). The van der Waals surface area contributed by atoms with Gasteiger partial charge in [0.25, 0.3) is 0 Å². The van der Waals surface area contributed by atoms with E-state index in [0.717, 1.165) is 20.5 Å². The normalized spacial score (nSPS) is 12.6. The fraction of sp³-hybridized carbons (Fsp3) is 0.231. The predicted octanol–water partition coefficient (Wildman–Crippen LogP) is 3.74. The Balaban J connectivity index is 2.20. The second kappa shape index (κ2) is 5.78. The molecule has 0 aliphatic heterocycles. The van der Waals surface area contributed by atoms with Crippen LogP contribution in [0.25, 0.3) is 0 Å². The third-order valence-corrected chi connectivity index (χ3v) is 4.42. The average molecular weight is 313 g/mol. The van der Waals surface area contributed by atoms with E-state index in [2.05, 4.69) is 15.9 Å². The van der Waals surface area contributed by atoms with Gasteiger partial charge < -0.3 is 9.84 Å². The summed E-state index contributed by atoms with van der Waals surface area (Å²) in [6, 6.07) is 9.77. The van der Waals surface area contributed by atoms with Crippen LogP contribution in [0.15, 0.2) is 40.2 Å². The highest BCUT2D eigenvalue weighted by Crippen LogP contribution is 2.32. The standard InChI is InChI=1S/C13H13BrO2S/c1-16-8-9-2-4-10(5-3-9)12(15)13-11(14)6-7-17-13/h2-7,12,15H,8H2,1H3. The summed E-state index contributed by atoms with van der Waals surface area (Å²) in [5, 5.41) is 12.2. The van der Waals surface area contributed by atoms with Crippen molar-refractivity contribution >= 4 is 27.3 Å². The van der Waals surface area contributed by atoms with Gasteiger partial charge in [0.2, 0.25) is 0 Å². The lowest BCUT2D eigenvalue weighted by Gasteiger charge is -2.10. The highest BCUT2D eigenvalue weighted by molar-refractivity contribution is 9.10. The maximum atomic E-state index is 10.2. The first-order valence-electron chi connectivity index (χ1n) is 5.21. The van der Waals surface area contributed by atoms with Crippen LogP contribution in [0.5, 0.6) is 0 Å². The van der Waals surface area contributed by atoms with Gasteiger partial charge in [0, 0.05) is 11.6 Å². The molecule has 1 heterocycles. The van der Waals surface area contributed by atoms with Crippen molar-refractivity contribution in [2.75, 3.05) is 7.11 Å². The Morgan fingerprint density at radius 3 is 2.53 bits per heavy atom. The van der Waals surface area contributed by atoms with E-state index in [1.54, 1.807) is 18.4 Å². The van der Waals surface area contributed by atoms with Crippen LogP contribution in [0.2, 0.25) is 0 Å². The summed E-state index contributed by atoms with van der Waals surface area (Å²) in [5.74, 6) is 0. The van der Waals surface area contributed by atoms with Crippen molar-refractivity contribution in [3.05, 3.63) is 56.2 Å². The van der Waals surface area contributed by atoms with Gasteiger partial charge in [0.1, 0.15) is 6.10 Å². The summed E-state index contributed by atoms with van der Waals surface area (Å²) in [6.07, 6.45) is -0.569. The number of thiophene rings is 1. The molecule has 2 nitrogen and oxygen atoms in total. The Morgan fingerprint density at radius 2 is 2.00 bits per heavy atom. The van der Waals surface area contributed by atoms with Crippen LogP contribution in [0.3, 0.4) is 0 Å². The molecule has 0 saturated carbocycles. The quantitative estimate of drug-likeness (QED) is 0.932. The van der Waals surface area contributed by atoms with Gasteiger partial charge in [-0.25, -0.2) is 0 Å². The van der Waals surface area contributed by atoms with Crippen molar-refractivity contribution in [1.82, 2.24) is 0 Å². The van der Waals surface area contributed by atoms with E-state index in [-0.39, 0.29) is 0 Å². The molecular formula is C13H13BrO2S. The van der Waals surface area contributed by atoms with Crippen molar-refractivity contribution < 1.29 is 9.84 Å². The van der Waals surface area contributed by atoms with E-state index in [9.17, 15) is 5.11 Å². The smallest absolute Gasteiger partial charge is 0.114 e. The Morgan fingerprint density at radius 1 is 1.29 bits per heavy atom. The number of hydrogen-bond donors (Lipinski definition) is 1. The molecule has 0 aliphatic rings. The molecule has 1 aromatic carbocycles. The van der Waals surface area contributed by atoms with Crippen LogP contribution in [0.1, 0.15) is 22.1 Å². The van der Waals surface area contributed by atoms with E-state index in [1.807, 2.05) is 35.7 Å². The third-order valence-electron chi connectivity index (χ3n) is 2.50. The zero-order chi connectivity index (χ0) is 12.3. The van der Waals surface area contributed by atoms with Gasteiger partial charge in [0.15, 0.2) is 0 Å². The first-order chi connectivity index (χ1) is 8.22. The minimum absolute atomic E-state index is 0.569. The van der Waals surface area contributed by atoms with Crippen LogP contribution in [-0.2, 0) is 11.3 Å². The number of rotatable bonds is 4. The highest BCUT2D eigenvalue weighted by Gasteiger charge is 2.14. The van der Waals surface area contributed by atoms with E-state index >= 15 is 0 Å². The largest absolute Gasteiger partial charge is 0.383 e. The van der Waals surface area contributed by atoms with E-state index < -0.39 is 6.10 Å². The average Bonchev–Trinajstić information content (AvgIpc) is 2.76. The number of halogens is 1. The lowest BCUT2D eigenvalue weighted by atomic mass is 10.1. The number of methoxy groups -OCH3 is 1. The van der Waals surface area contributed by atoms with Crippen LogP contribution in [0, 0.1) is 0 Å². The van der Waals surface area contributed by atoms with Crippen molar-refractivity contribution in [3.63, 3.8) is 0 Å². The number of hydrogen-bond acceptors (Lipinski definition) is 3. The van der Waals surface area contributed by atoms with E-state index in [4.69, 9.17) is 4.74 Å². The summed E-state index contributed by atoms with van der Waals surface area (Å²) in [5.41, 5.74) is 2.00. The topological polar surface area (TPSA) is 29.5 Å². The van der Waals surface area contributed by atoms with Crippen LogP contribution in [-0.4, -0.2) is 12.2 Å². The van der Waals surface area contributed by atoms with Crippen molar-refractivity contribution in [3.8, 4) is 0 Å². The van der Waals surface area contributed by atoms with Gasteiger partial charge in [0.05, 0.1) is 11.5 Å². The van der Waals surface area contributed by atoms with Gasteiger partial charge in [-0.2, -0.15) is 0 Å². The van der Waals surface area contributed by atoms with Crippen LogP contribution in [0.4, 0.5) is 0 Å². The van der Waals surface area contributed by atoms with Crippen molar-refractivity contribution in [2.45, 2.75) is 12.7 Å². The summed E-state index contributed by atoms with van der Waals surface area (Å²) in [7, 11) is 1.67. The summed E-state index contributed by atoms with van der Waals surface area (Å²) in [4.78, 5) is 0.935. The van der Waals surface area contributed by atoms with Gasteiger partial charge in [-0.05, 0) is 38.5 Å². The minimum atomic E-state index is -0.569. The lowest BCUT2D eigenvalue weighted by molar-refractivity contribution is 0.184. The Kier molecular flexibility index (Phi) is 4.34. The maximum absolute atomic E-state index is 10.2. The molecule has 0 radical (unpaired) electrons. The van der Waals surface area contributed by atoms with Crippen molar-refractivity contribution in [2.24, 2.45) is 0 Å². The maximum Gasteiger partial charge on any atom is 0.114 e. The fourth-order valence-electron chi connectivity index (χ4n) is 1.61. The molecule has 90 valence electrons. The molecule has 2 aromatic rings. The van der Waals surface area contributed by atoms with Gasteiger partial charge in [-0.3, -0.25) is 0 Å².